The van der Waals surface area contributed by atoms with E-state index in [-0.39, 0.29) is 18.6 Å². The van der Waals surface area contributed by atoms with Crippen LogP contribution < -0.4 is 14.8 Å². The van der Waals surface area contributed by atoms with Crippen molar-refractivity contribution in [2.75, 3.05) is 34.0 Å². The van der Waals surface area contributed by atoms with Crippen LogP contribution in [-0.4, -0.2) is 55.7 Å². The zero-order valence-electron chi connectivity index (χ0n) is 16.4. The summed E-state index contributed by atoms with van der Waals surface area (Å²) in [5.74, 6) is 0.226. The largest absolute Gasteiger partial charge is 0.493 e. The topological polar surface area (TPSA) is 69.3 Å². The van der Waals surface area contributed by atoms with E-state index in [2.05, 4.69) is 11.9 Å². The maximum Gasteiger partial charge on any atom is 0.317 e. The molecule has 0 spiro atoms. The molecule has 0 saturated carbocycles. The lowest BCUT2D eigenvalue weighted by atomic mass is 9.79. The summed E-state index contributed by atoms with van der Waals surface area (Å²) >= 11 is 5.61. The Morgan fingerprint density at radius 3 is 2.93 bits per heavy atom. The molecule has 1 fully saturated rings. The average Bonchev–Trinajstić information content (AvgIpc) is 2.68. The van der Waals surface area contributed by atoms with Crippen molar-refractivity contribution < 1.29 is 23.7 Å². The van der Waals surface area contributed by atoms with Gasteiger partial charge in [-0.1, -0.05) is 24.8 Å². The number of benzene rings is 1. The number of para-hydroxylation sites is 1. The van der Waals surface area contributed by atoms with E-state index in [0.29, 0.717) is 29.8 Å². The third-order valence-electron chi connectivity index (χ3n) is 5.17. The number of esters is 1. The number of ether oxygens (including phenoxy) is 4. The van der Waals surface area contributed by atoms with Crippen molar-refractivity contribution in [3.8, 4) is 11.5 Å². The molecule has 0 amide bonds. The molecule has 8 heteroatoms. The van der Waals surface area contributed by atoms with Gasteiger partial charge < -0.3 is 29.2 Å². The molecular weight excluding hydrogens is 380 g/mol. The van der Waals surface area contributed by atoms with Gasteiger partial charge in [0, 0.05) is 25.8 Å². The van der Waals surface area contributed by atoms with E-state index >= 15 is 0 Å². The van der Waals surface area contributed by atoms with Gasteiger partial charge in [0.2, 0.25) is 0 Å². The summed E-state index contributed by atoms with van der Waals surface area (Å²) in [5, 5.41) is 3.85. The number of fused-ring (bicyclic) bond motifs is 4. The summed E-state index contributed by atoms with van der Waals surface area (Å²) in [6.07, 6.45) is 2.28. The van der Waals surface area contributed by atoms with Gasteiger partial charge in [-0.2, -0.15) is 0 Å². The van der Waals surface area contributed by atoms with Crippen molar-refractivity contribution in [3.63, 3.8) is 0 Å². The third kappa shape index (κ3) is 3.42. The monoisotopic (exact) mass is 406 g/mol. The fraction of sp³-hybridized carbons (Fsp3) is 0.500. The molecule has 3 rings (SSSR count). The summed E-state index contributed by atoms with van der Waals surface area (Å²) < 4.78 is 22.5. The molecule has 2 aliphatic rings. The van der Waals surface area contributed by atoms with E-state index in [9.17, 15) is 4.79 Å². The minimum absolute atomic E-state index is 0.136. The molecule has 2 bridgehead atoms. The van der Waals surface area contributed by atoms with Gasteiger partial charge in [-0.3, -0.25) is 4.79 Å². The van der Waals surface area contributed by atoms with Crippen LogP contribution in [0.2, 0.25) is 0 Å². The van der Waals surface area contributed by atoms with E-state index in [1.54, 1.807) is 20.3 Å². The molecule has 2 heterocycles. The number of nitrogens with one attached hydrogen (secondary N) is 1. The molecule has 0 unspecified atom stereocenters. The van der Waals surface area contributed by atoms with E-state index in [0.717, 1.165) is 12.0 Å². The number of carbonyl (C=O) groups is 1. The smallest absolute Gasteiger partial charge is 0.317 e. The van der Waals surface area contributed by atoms with E-state index in [4.69, 9.17) is 31.2 Å². The normalized spacial score (nSPS) is 25.2. The van der Waals surface area contributed by atoms with Gasteiger partial charge in [-0.25, -0.2) is 0 Å². The van der Waals surface area contributed by atoms with Crippen LogP contribution in [0.4, 0.5) is 0 Å². The predicted octanol–water partition coefficient (Wildman–Crippen LogP) is 2.42. The molecule has 1 N–H and O–H groups in total. The number of carbonyl (C=O) groups excluding carboxylic acids is 1. The Morgan fingerprint density at radius 2 is 2.25 bits per heavy atom. The molecule has 3 atom stereocenters. The Balaban J connectivity index is 2.06. The zero-order chi connectivity index (χ0) is 20.3. The Bertz CT molecular complexity index is 771. The third-order valence-corrected chi connectivity index (χ3v) is 5.51. The van der Waals surface area contributed by atoms with Crippen LogP contribution in [0.1, 0.15) is 24.9 Å². The second-order valence-corrected chi connectivity index (χ2v) is 7.24. The molecule has 0 aliphatic carbocycles. The van der Waals surface area contributed by atoms with Crippen molar-refractivity contribution in [1.29, 1.82) is 0 Å². The number of methoxy groups -OCH3 is 2. The number of thiocarbonyl (C=S) groups is 1. The van der Waals surface area contributed by atoms with Gasteiger partial charge in [0.1, 0.15) is 12.5 Å². The number of hydrogen-bond acceptors (Lipinski definition) is 6. The Kier molecular flexibility index (Phi) is 6.10. The highest BCUT2D eigenvalue weighted by Gasteiger charge is 2.59. The van der Waals surface area contributed by atoms with Gasteiger partial charge in [0.05, 0.1) is 13.2 Å². The van der Waals surface area contributed by atoms with Crippen LogP contribution in [0.15, 0.2) is 30.9 Å². The Labute approximate surface area is 170 Å². The summed E-state index contributed by atoms with van der Waals surface area (Å²) in [7, 11) is 3.24. The fourth-order valence-electron chi connectivity index (χ4n) is 3.88. The van der Waals surface area contributed by atoms with Crippen LogP contribution in [0.3, 0.4) is 0 Å². The first-order valence-electron chi connectivity index (χ1n) is 9.18. The first-order valence-corrected chi connectivity index (χ1v) is 9.59. The quantitative estimate of drug-likeness (QED) is 0.306. The summed E-state index contributed by atoms with van der Waals surface area (Å²) in [6, 6.07) is 5.23. The van der Waals surface area contributed by atoms with Crippen LogP contribution in [0, 0.1) is 5.92 Å². The first kappa shape index (κ1) is 20.4. The Morgan fingerprint density at radius 1 is 1.46 bits per heavy atom. The van der Waals surface area contributed by atoms with Crippen molar-refractivity contribution in [1.82, 2.24) is 10.2 Å². The first-order chi connectivity index (χ1) is 13.5. The van der Waals surface area contributed by atoms with E-state index in [1.165, 1.54) is 0 Å². The summed E-state index contributed by atoms with van der Waals surface area (Å²) in [4.78, 5) is 14.9. The molecule has 0 aromatic heterocycles. The Hall–Kier alpha value is -2.32. The standard InChI is InChI=1S/C20H26N2O5S/c1-5-11-26-18(23)15-16-13-8-6-9-14(25-4)17(13)27-20(15,2)22(19(28)21-16)10-7-12-24-3/h5-6,8-9,15-16H,1,7,10-12H2,2-4H3,(H,21,28)/t15-,16-,20-/m0/s1. The van der Waals surface area contributed by atoms with Gasteiger partial charge in [-0.15, -0.1) is 0 Å². The minimum atomic E-state index is -1.03. The van der Waals surface area contributed by atoms with Crippen LogP contribution in [-0.2, 0) is 14.3 Å². The van der Waals surface area contributed by atoms with Gasteiger partial charge in [0.25, 0.3) is 0 Å². The highest BCUT2D eigenvalue weighted by molar-refractivity contribution is 7.80. The van der Waals surface area contributed by atoms with Gasteiger partial charge in [-0.05, 0) is 31.6 Å². The lowest BCUT2D eigenvalue weighted by Crippen LogP contribution is -2.71. The van der Waals surface area contributed by atoms with Gasteiger partial charge >= 0.3 is 5.97 Å². The molecule has 2 aliphatic heterocycles. The molecule has 28 heavy (non-hydrogen) atoms. The predicted molar refractivity (Wildman–Crippen MR) is 108 cm³/mol. The molecule has 1 aromatic rings. The van der Waals surface area contributed by atoms with E-state index in [1.807, 2.05) is 30.0 Å². The van der Waals surface area contributed by atoms with Crippen molar-refractivity contribution in [2.24, 2.45) is 5.92 Å². The van der Waals surface area contributed by atoms with E-state index < -0.39 is 11.6 Å². The van der Waals surface area contributed by atoms with Crippen LogP contribution in [0.5, 0.6) is 11.5 Å². The van der Waals surface area contributed by atoms with Crippen molar-refractivity contribution in [2.45, 2.75) is 25.1 Å². The maximum atomic E-state index is 13.0. The van der Waals surface area contributed by atoms with Crippen LogP contribution >= 0.6 is 12.2 Å². The molecule has 1 aromatic carbocycles. The van der Waals surface area contributed by atoms with Crippen molar-refractivity contribution in [3.05, 3.63) is 36.4 Å². The highest BCUT2D eigenvalue weighted by Crippen LogP contribution is 2.51. The second-order valence-electron chi connectivity index (χ2n) is 6.86. The molecular formula is C20H26N2O5S. The molecule has 152 valence electrons. The summed E-state index contributed by atoms with van der Waals surface area (Å²) in [5.41, 5.74) is -0.211. The number of nitrogens with zero attached hydrogens (tertiary/aromatic N) is 1. The van der Waals surface area contributed by atoms with Gasteiger partial charge in [0.15, 0.2) is 22.3 Å². The number of hydrogen-bond donors (Lipinski definition) is 1. The lowest BCUT2D eigenvalue weighted by molar-refractivity contribution is -0.175. The number of rotatable bonds is 8. The maximum absolute atomic E-state index is 13.0. The van der Waals surface area contributed by atoms with Crippen LogP contribution in [0.25, 0.3) is 0 Å². The summed E-state index contributed by atoms with van der Waals surface area (Å²) in [6.45, 7) is 6.77. The molecule has 0 radical (unpaired) electrons. The zero-order valence-corrected chi connectivity index (χ0v) is 17.2. The fourth-order valence-corrected chi connectivity index (χ4v) is 4.28. The van der Waals surface area contributed by atoms with Crippen molar-refractivity contribution >= 4 is 23.3 Å². The molecule has 7 nitrogen and oxygen atoms in total. The second kappa shape index (κ2) is 8.36. The minimum Gasteiger partial charge on any atom is -0.493 e. The lowest BCUT2D eigenvalue weighted by Gasteiger charge is -2.55. The average molecular weight is 407 g/mol. The SMILES string of the molecule is C=CCOC(=O)[C@@H]1[C@H]2NC(=S)N(CCCOC)[C@@]1(C)Oc1c(OC)cccc12. The molecule has 1 saturated heterocycles. The highest BCUT2D eigenvalue weighted by atomic mass is 32.1.